The van der Waals surface area contributed by atoms with Gasteiger partial charge in [0.2, 0.25) is 0 Å². The molecular weight excluding hydrogens is 361 g/mol. The maximum absolute atomic E-state index is 12.7. The Bertz CT molecular complexity index is 785. The molecule has 2 aromatic heterocycles. The predicted octanol–water partition coefficient (Wildman–Crippen LogP) is 2.35. The zero-order valence-electron chi connectivity index (χ0n) is 12.8. The lowest BCUT2D eigenvalue weighted by Gasteiger charge is -2.32. The van der Waals surface area contributed by atoms with E-state index in [4.69, 9.17) is 17.3 Å². The van der Waals surface area contributed by atoms with Crippen LogP contribution < -0.4 is 10.6 Å². The summed E-state index contributed by atoms with van der Waals surface area (Å²) in [5.74, 6) is -0.172. The third kappa shape index (κ3) is 3.68. The van der Waals surface area contributed by atoms with E-state index >= 15 is 0 Å². The van der Waals surface area contributed by atoms with E-state index in [0.717, 1.165) is 6.20 Å². The van der Waals surface area contributed by atoms with Crippen LogP contribution in [0.4, 0.5) is 19.0 Å². The Balaban J connectivity index is 1.72. The molecule has 11 heteroatoms. The van der Waals surface area contributed by atoms with E-state index in [1.54, 1.807) is 0 Å². The van der Waals surface area contributed by atoms with Crippen molar-refractivity contribution in [2.24, 2.45) is 5.73 Å². The molecule has 25 heavy (non-hydrogen) atoms. The number of hydrogen-bond donors (Lipinski definition) is 2. The molecule has 134 valence electrons. The maximum Gasteiger partial charge on any atom is 0.432 e. The van der Waals surface area contributed by atoms with E-state index in [1.165, 1.54) is 6.07 Å². The van der Waals surface area contributed by atoms with Crippen LogP contribution in [-0.2, 0) is 6.18 Å². The summed E-state index contributed by atoms with van der Waals surface area (Å²) in [7, 11) is 0. The normalized spacial score (nSPS) is 16.2. The first-order valence-electron chi connectivity index (χ1n) is 7.46. The van der Waals surface area contributed by atoms with E-state index < -0.39 is 17.8 Å². The number of hydrogen-bond acceptors (Lipinski definition) is 5. The highest BCUT2D eigenvalue weighted by molar-refractivity contribution is 6.29. The molecule has 0 bridgehead atoms. The third-order valence-electron chi connectivity index (χ3n) is 4.09. The SMILES string of the molecule is NC(=O)c1cc(Cl)nnc1N1CCC(c2ncc(C(F)(F)F)[nH]2)CC1. The lowest BCUT2D eigenvalue weighted by atomic mass is 9.96. The summed E-state index contributed by atoms with van der Waals surface area (Å²) in [5.41, 5.74) is 4.64. The van der Waals surface area contributed by atoms with E-state index in [0.29, 0.717) is 37.6 Å². The molecular formula is C14H14ClF3N6O. The molecule has 0 unspecified atom stereocenters. The van der Waals surface area contributed by atoms with Gasteiger partial charge in [0.05, 0.1) is 11.8 Å². The van der Waals surface area contributed by atoms with Crippen molar-refractivity contribution < 1.29 is 18.0 Å². The van der Waals surface area contributed by atoms with Crippen LogP contribution in [0.25, 0.3) is 0 Å². The van der Waals surface area contributed by atoms with Crippen molar-refractivity contribution in [3.8, 4) is 0 Å². The first kappa shape index (κ1) is 17.5. The van der Waals surface area contributed by atoms with Gasteiger partial charge in [0.25, 0.3) is 5.91 Å². The molecule has 3 N–H and O–H groups in total. The number of piperidine rings is 1. The van der Waals surface area contributed by atoms with Gasteiger partial charge in [-0.15, -0.1) is 10.2 Å². The van der Waals surface area contributed by atoms with Crippen LogP contribution in [-0.4, -0.2) is 39.2 Å². The maximum atomic E-state index is 12.7. The molecule has 0 spiro atoms. The predicted molar refractivity (Wildman–Crippen MR) is 83.3 cm³/mol. The molecule has 7 nitrogen and oxygen atoms in total. The van der Waals surface area contributed by atoms with Crippen molar-refractivity contribution in [3.63, 3.8) is 0 Å². The quantitative estimate of drug-likeness (QED) is 0.858. The Kier molecular flexibility index (Phi) is 4.55. The summed E-state index contributed by atoms with van der Waals surface area (Å²) in [4.78, 5) is 19.5. The Morgan fingerprint density at radius 1 is 1.32 bits per heavy atom. The highest BCUT2D eigenvalue weighted by Crippen LogP contribution is 2.33. The highest BCUT2D eigenvalue weighted by Gasteiger charge is 2.34. The minimum absolute atomic E-state index is 0.0581. The number of primary amides is 1. The molecule has 1 amide bonds. The van der Waals surface area contributed by atoms with Crippen molar-refractivity contribution in [1.82, 2.24) is 20.2 Å². The molecule has 1 fully saturated rings. The van der Waals surface area contributed by atoms with Gasteiger partial charge >= 0.3 is 6.18 Å². The Morgan fingerprint density at radius 3 is 2.56 bits per heavy atom. The summed E-state index contributed by atoms with van der Waals surface area (Å²) in [6, 6.07) is 1.35. The van der Waals surface area contributed by atoms with Gasteiger partial charge in [-0.1, -0.05) is 11.6 Å². The zero-order chi connectivity index (χ0) is 18.2. The number of nitrogens with two attached hydrogens (primary N) is 1. The molecule has 0 aromatic carbocycles. The number of nitrogens with one attached hydrogen (secondary N) is 1. The van der Waals surface area contributed by atoms with Gasteiger partial charge in [-0.2, -0.15) is 13.2 Å². The van der Waals surface area contributed by atoms with Crippen molar-refractivity contribution in [2.75, 3.05) is 18.0 Å². The number of rotatable bonds is 3. The molecule has 0 saturated carbocycles. The fourth-order valence-corrected chi connectivity index (χ4v) is 2.98. The van der Waals surface area contributed by atoms with Crippen LogP contribution in [0.2, 0.25) is 5.15 Å². The number of anilines is 1. The number of aromatic amines is 1. The van der Waals surface area contributed by atoms with Gasteiger partial charge in [0.15, 0.2) is 11.0 Å². The highest BCUT2D eigenvalue weighted by atomic mass is 35.5. The zero-order valence-corrected chi connectivity index (χ0v) is 13.6. The molecule has 1 saturated heterocycles. The monoisotopic (exact) mass is 374 g/mol. The second kappa shape index (κ2) is 6.51. The first-order chi connectivity index (χ1) is 11.8. The molecule has 3 rings (SSSR count). The van der Waals surface area contributed by atoms with Crippen molar-refractivity contribution in [2.45, 2.75) is 24.9 Å². The number of carbonyl (C=O) groups excluding carboxylic acids is 1. The van der Waals surface area contributed by atoms with Gasteiger partial charge in [0, 0.05) is 19.0 Å². The molecule has 1 aliphatic heterocycles. The molecule has 2 aromatic rings. The third-order valence-corrected chi connectivity index (χ3v) is 4.28. The van der Waals surface area contributed by atoms with Crippen LogP contribution in [0.1, 0.15) is 40.6 Å². The van der Waals surface area contributed by atoms with Gasteiger partial charge in [-0.25, -0.2) is 4.98 Å². The molecule has 1 aliphatic rings. The fraction of sp³-hybridized carbons (Fsp3) is 0.429. The minimum Gasteiger partial charge on any atom is -0.365 e. The molecule has 3 heterocycles. The fourth-order valence-electron chi connectivity index (χ4n) is 2.83. The number of carbonyl (C=O) groups is 1. The largest absolute Gasteiger partial charge is 0.432 e. The summed E-state index contributed by atoms with van der Waals surface area (Å²) < 4.78 is 38.0. The molecule has 0 radical (unpaired) electrons. The lowest BCUT2D eigenvalue weighted by molar-refractivity contribution is -0.141. The Morgan fingerprint density at radius 2 is 2.00 bits per heavy atom. The minimum atomic E-state index is -4.44. The summed E-state index contributed by atoms with van der Waals surface area (Å²) >= 11 is 5.74. The number of halogens is 4. The van der Waals surface area contributed by atoms with E-state index in [1.807, 2.05) is 4.90 Å². The summed E-state index contributed by atoms with van der Waals surface area (Å²) in [6.45, 7) is 0.951. The number of nitrogens with zero attached hydrogens (tertiary/aromatic N) is 4. The standard InChI is InChI=1S/C14H14ClF3N6O/c15-10-5-8(11(19)25)13(23-22-10)24-3-1-7(2-4-24)12-20-6-9(21-12)14(16,17)18/h5-7H,1-4H2,(H2,19,25)(H,20,21). The Hall–Kier alpha value is -2.36. The number of aromatic nitrogens is 4. The number of amides is 1. The Labute approximate surface area is 145 Å². The molecule has 0 aliphatic carbocycles. The number of H-pyrrole nitrogens is 1. The van der Waals surface area contributed by atoms with E-state index in [-0.39, 0.29) is 16.6 Å². The van der Waals surface area contributed by atoms with Crippen LogP contribution >= 0.6 is 11.6 Å². The van der Waals surface area contributed by atoms with Crippen molar-refractivity contribution >= 4 is 23.3 Å². The summed E-state index contributed by atoms with van der Waals surface area (Å²) in [5, 5.41) is 7.71. The number of imidazole rings is 1. The summed E-state index contributed by atoms with van der Waals surface area (Å²) in [6.07, 6.45) is -2.54. The second-order valence-corrected chi connectivity index (χ2v) is 6.10. The van der Waals surface area contributed by atoms with Crippen molar-refractivity contribution in [1.29, 1.82) is 0 Å². The van der Waals surface area contributed by atoms with E-state index in [9.17, 15) is 18.0 Å². The van der Waals surface area contributed by atoms with Crippen LogP contribution in [0.3, 0.4) is 0 Å². The average Bonchev–Trinajstić information content (AvgIpc) is 3.05. The average molecular weight is 375 g/mol. The van der Waals surface area contributed by atoms with Crippen LogP contribution in [0.15, 0.2) is 12.3 Å². The van der Waals surface area contributed by atoms with Gasteiger partial charge < -0.3 is 15.6 Å². The van der Waals surface area contributed by atoms with Gasteiger partial charge in [-0.3, -0.25) is 4.79 Å². The number of alkyl halides is 3. The van der Waals surface area contributed by atoms with Gasteiger partial charge in [-0.05, 0) is 18.9 Å². The van der Waals surface area contributed by atoms with Crippen LogP contribution in [0.5, 0.6) is 0 Å². The van der Waals surface area contributed by atoms with E-state index in [2.05, 4.69) is 20.2 Å². The molecule has 0 atom stereocenters. The smallest absolute Gasteiger partial charge is 0.365 e. The lowest BCUT2D eigenvalue weighted by Crippen LogP contribution is -2.35. The first-order valence-corrected chi connectivity index (χ1v) is 7.83. The topological polar surface area (TPSA) is 101 Å². The van der Waals surface area contributed by atoms with Crippen molar-refractivity contribution in [3.05, 3.63) is 34.5 Å². The van der Waals surface area contributed by atoms with Gasteiger partial charge in [0.1, 0.15) is 11.5 Å². The van der Waals surface area contributed by atoms with Crippen LogP contribution in [0, 0.1) is 0 Å². The second-order valence-electron chi connectivity index (χ2n) is 5.71.